The van der Waals surface area contributed by atoms with Gasteiger partial charge in [-0.05, 0) is 50.3 Å². The van der Waals surface area contributed by atoms with Crippen molar-refractivity contribution in [1.29, 1.82) is 0 Å². The molecule has 0 aliphatic carbocycles. The molecule has 7 nitrogen and oxygen atoms in total. The zero-order valence-corrected chi connectivity index (χ0v) is 16.3. The molecule has 2 aromatic rings. The van der Waals surface area contributed by atoms with Crippen LogP contribution >= 0.6 is 0 Å². The summed E-state index contributed by atoms with van der Waals surface area (Å²) in [7, 11) is 0. The van der Waals surface area contributed by atoms with Crippen LogP contribution in [0.15, 0.2) is 33.5 Å². The summed E-state index contributed by atoms with van der Waals surface area (Å²) < 4.78 is 10.9. The van der Waals surface area contributed by atoms with E-state index >= 15 is 0 Å². The number of fused-ring (bicyclic) bond motifs is 1. The molecule has 1 aromatic carbocycles. The monoisotopic (exact) mass is 388 g/mol. The number of unbranched alkanes of at least 4 members (excludes halogenated alkanes) is 2. The van der Waals surface area contributed by atoms with Crippen LogP contribution in [0, 0.1) is 0 Å². The molecule has 1 atom stereocenters. The number of hydrogen-bond acceptors (Lipinski definition) is 6. The predicted molar refractivity (Wildman–Crippen MR) is 103 cm³/mol. The van der Waals surface area contributed by atoms with Crippen LogP contribution in [0.25, 0.3) is 11.0 Å². The van der Waals surface area contributed by atoms with Crippen LogP contribution in [-0.4, -0.2) is 24.5 Å². The van der Waals surface area contributed by atoms with Gasteiger partial charge in [0, 0.05) is 30.0 Å². The molecule has 1 amide bonds. The van der Waals surface area contributed by atoms with E-state index in [2.05, 4.69) is 5.32 Å². The molecule has 0 fully saturated rings. The lowest BCUT2D eigenvalue weighted by atomic mass is 10.1. The second-order valence-corrected chi connectivity index (χ2v) is 6.73. The minimum atomic E-state index is -1.06. The third-order valence-electron chi connectivity index (χ3n) is 4.36. The molecule has 0 unspecified atom stereocenters. The average molecular weight is 388 g/mol. The number of aryl methyl sites for hydroxylation is 1. The van der Waals surface area contributed by atoms with E-state index in [4.69, 9.17) is 9.15 Å². The summed E-state index contributed by atoms with van der Waals surface area (Å²) in [4.78, 5) is 34.2. The molecule has 0 aliphatic rings. The number of benzene rings is 1. The van der Waals surface area contributed by atoms with E-state index in [1.54, 1.807) is 19.1 Å². The maximum Gasteiger partial charge on any atom is 0.336 e. The highest BCUT2D eigenvalue weighted by molar-refractivity contribution is 5.83. The summed E-state index contributed by atoms with van der Waals surface area (Å²) in [5.74, 6) is -0.874. The van der Waals surface area contributed by atoms with Crippen molar-refractivity contribution in [3.8, 4) is 5.75 Å². The Morgan fingerprint density at radius 2 is 2.00 bits per heavy atom. The Morgan fingerprint density at radius 3 is 2.71 bits per heavy atom. The Hall–Kier alpha value is -2.83. The van der Waals surface area contributed by atoms with Crippen LogP contribution < -0.4 is 20.8 Å². The highest BCUT2D eigenvalue weighted by Crippen LogP contribution is 2.24. The largest absolute Gasteiger partial charge is 0.550 e. The number of carboxylic acid groups (broad SMARTS) is 1. The summed E-state index contributed by atoms with van der Waals surface area (Å²) in [5.41, 5.74) is 0.969. The Morgan fingerprint density at radius 1 is 1.21 bits per heavy atom. The number of carbonyl (C=O) groups is 2. The van der Waals surface area contributed by atoms with E-state index in [0.29, 0.717) is 37.1 Å². The van der Waals surface area contributed by atoms with Gasteiger partial charge in [-0.25, -0.2) is 4.79 Å². The van der Waals surface area contributed by atoms with Gasteiger partial charge in [0.05, 0.1) is 0 Å². The summed E-state index contributed by atoms with van der Waals surface area (Å²) in [6, 6.07) is 6.72. The van der Waals surface area contributed by atoms with Crippen LogP contribution in [0.3, 0.4) is 0 Å². The van der Waals surface area contributed by atoms with Gasteiger partial charge in [-0.3, -0.25) is 4.79 Å². The van der Waals surface area contributed by atoms with Crippen LogP contribution in [-0.2, 0) is 16.0 Å². The first-order valence-corrected chi connectivity index (χ1v) is 9.61. The minimum Gasteiger partial charge on any atom is -0.550 e. The Kier molecular flexibility index (Phi) is 8.04. The lowest BCUT2D eigenvalue weighted by molar-refractivity contribution is -0.305. The Balaban J connectivity index is 1.91. The van der Waals surface area contributed by atoms with Crippen molar-refractivity contribution in [3.63, 3.8) is 0 Å². The van der Waals surface area contributed by atoms with Crippen LogP contribution in [0.5, 0.6) is 5.75 Å². The van der Waals surface area contributed by atoms with Crippen LogP contribution in [0.1, 0.15) is 51.5 Å². The van der Waals surface area contributed by atoms with Gasteiger partial charge in [-0.1, -0.05) is 19.8 Å². The maximum absolute atomic E-state index is 12.1. The standard InChI is InChI=1S/C21H27NO6/c1-3-7-15-12-20(25)28-18-13-16(9-10-17(15)18)27-14(2)21(26)22-11-6-4-5-8-19(23)24/h9-10,12-14H,3-8,11H2,1-2H3,(H,22,26)(H,23,24)/p-1/t14-/m1/s1. The van der Waals surface area contributed by atoms with Gasteiger partial charge in [0.15, 0.2) is 6.10 Å². The van der Waals surface area contributed by atoms with Crippen molar-refractivity contribution < 1.29 is 23.8 Å². The van der Waals surface area contributed by atoms with Crippen molar-refractivity contribution >= 4 is 22.8 Å². The zero-order valence-electron chi connectivity index (χ0n) is 16.3. The third-order valence-corrected chi connectivity index (χ3v) is 4.36. The van der Waals surface area contributed by atoms with Crippen molar-refractivity contribution in [2.24, 2.45) is 0 Å². The van der Waals surface area contributed by atoms with Gasteiger partial charge >= 0.3 is 5.63 Å². The number of aliphatic carboxylic acids is 1. The molecule has 1 aromatic heterocycles. The fraction of sp³-hybridized carbons (Fsp3) is 0.476. The number of carbonyl (C=O) groups excluding carboxylic acids is 2. The van der Waals surface area contributed by atoms with Gasteiger partial charge in [-0.15, -0.1) is 0 Å². The van der Waals surface area contributed by atoms with E-state index in [1.165, 1.54) is 6.07 Å². The zero-order chi connectivity index (χ0) is 20.5. The van der Waals surface area contributed by atoms with Crippen LogP contribution in [0.2, 0.25) is 0 Å². The van der Waals surface area contributed by atoms with Crippen molar-refractivity contribution in [1.82, 2.24) is 5.32 Å². The quantitative estimate of drug-likeness (QED) is 0.465. The number of hydrogen-bond donors (Lipinski definition) is 1. The highest BCUT2D eigenvalue weighted by Gasteiger charge is 2.15. The fourth-order valence-electron chi connectivity index (χ4n) is 2.94. The highest BCUT2D eigenvalue weighted by atomic mass is 16.5. The summed E-state index contributed by atoms with van der Waals surface area (Å²) in [6.45, 7) is 4.13. The molecule has 28 heavy (non-hydrogen) atoms. The van der Waals surface area contributed by atoms with Crippen molar-refractivity contribution in [3.05, 3.63) is 40.2 Å². The summed E-state index contributed by atoms with van der Waals surface area (Å²) >= 11 is 0. The minimum absolute atomic E-state index is 0.0333. The normalized spacial score (nSPS) is 11.9. The van der Waals surface area contributed by atoms with E-state index < -0.39 is 17.7 Å². The lowest BCUT2D eigenvalue weighted by Crippen LogP contribution is -2.36. The number of rotatable bonds is 11. The fourth-order valence-corrected chi connectivity index (χ4v) is 2.94. The van der Waals surface area contributed by atoms with Crippen molar-refractivity contribution in [2.75, 3.05) is 6.54 Å². The van der Waals surface area contributed by atoms with Gasteiger partial charge in [0.1, 0.15) is 11.3 Å². The smallest absolute Gasteiger partial charge is 0.336 e. The molecule has 0 spiro atoms. The molecule has 0 aliphatic heterocycles. The van der Waals surface area contributed by atoms with E-state index in [1.807, 2.05) is 13.0 Å². The Bertz CT molecular complexity index is 873. The van der Waals surface area contributed by atoms with E-state index in [-0.39, 0.29) is 12.3 Å². The van der Waals surface area contributed by atoms with Gasteiger partial charge in [0.25, 0.3) is 5.91 Å². The SMILES string of the molecule is CCCc1cc(=O)oc2cc(O[C@H](C)C(=O)NCCCCCC(=O)[O-])ccc12. The average Bonchev–Trinajstić information content (AvgIpc) is 2.63. The number of nitrogens with one attached hydrogen (secondary N) is 1. The number of carboxylic acids is 1. The molecular formula is C21H26NO6-. The van der Waals surface area contributed by atoms with Crippen molar-refractivity contribution in [2.45, 2.75) is 58.5 Å². The van der Waals surface area contributed by atoms with Gasteiger partial charge < -0.3 is 24.4 Å². The molecule has 0 bridgehead atoms. The predicted octanol–water partition coefficient (Wildman–Crippen LogP) is 1.94. The van der Waals surface area contributed by atoms with E-state index in [0.717, 1.165) is 23.8 Å². The second-order valence-electron chi connectivity index (χ2n) is 6.73. The molecule has 152 valence electrons. The number of amides is 1. The first kappa shape index (κ1) is 21.5. The third kappa shape index (κ3) is 6.40. The van der Waals surface area contributed by atoms with Gasteiger partial charge in [-0.2, -0.15) is 0 Å². The summed E-state index contributed by atoms with van der Waals surface area (Å²) in [5, 5.41) is 14.0. The first-order valence-electron chi connectivity index (χ1n) is 9.61. The second kappa shape index (κ2) is 10.5. The van der Waals surface area contributed by atoms with Crippen LogP contribution in [0.4, 0.5) is 0 Å². The maximum atomic E-state index is 12.1. The first-order chi connectivity index (χ1) is 13.4. The topological polar surface area (TPSA) is 109 Å². The summed E-state index contributed by atoms with van der Waals surface area (Å²) in [6.07, 6.45) is 2.94. The molecular weight excluding hydrogens is 362 g/mol. The van der Waals surface area contributed by atoms with E-state index in [9.17, 15) is 19.5 Å². The molecule has 0 radical (unpaired) electrons. The Labute approximate surface area is 163 Å². The molecule has 0 saturated carbocycles. The molecule has 0 saturated heterocycles. The van der Waals surface area contributed by atoms with Gasteiger partial charge in [0.2, 0.25) is 0 Å². The molecule has 1 N–H and O–H groups in total. The molecule has 1 heterocycles. The number of ether oxygens (including phenoxy) is 1. The molecule has 2 rings (SSSR count). The lowest BCUT2D eigenvalue weighted by Gasteiger charge is -2.15. The molecule has 7 heteroatoms.